The maximum atomic E-state index is 12.3. The highest BCUT2D eigenvalue weighted by atomic mass is 32.2. The zero-order chi connectivity index (χ0) is 15.3. The van der Waals surface area contributed by atoms with Gasteiger partial charge in [0.25, 0.3) is 10.0 Å². The van der Waals surface area contributed by atoms with Crippen LogP contribution in [0.15, 0.2) is 53.4 Å². The van der Waals surface area contributed by atoms with Crippen LogP contribution in [0.3, 0.4) is 0 Å². The van der Waals surface area contributed by atoms with Crippen molar-refractivity contribution < 1.29 is 8.42 Å². The summed E-state index contributed by atoms with van der Waals surface area (Å²) in [5.74, 6) is 0. The third-order valence-electron chi connectivity index (χ3n) is 3.23. The predicted molar refractivity (Wildman–Crippen MR) is 85.8 cm³/mol. The van der Waals surface area contributed by atoms with E-state index in [2.05, 4.69) is 17.0 Å². The van der Waals surface area contributed by atoms with E-state index in [4.69, 9.17) is 0 Å². The fourth-order valence-corrected chi connectivity index (χ4v) is 3.07. The quantitative estimate of drug-likeness (QED) is 0.863. The lowest BCUT2D eigenvalue weighted by molar-refractivity contribution is 0.601. The normalized spacial score (nSPS) is 11.3. The fourth-order valence-electron chi connectivity index (χ4n) is 2.01. The van der Waals surface area contributed by atoms with E-state index in [9.17, 15) is 8.42 Å². The topological polar surface area (TPSA) is 58.2 Å². The highest BCUT2D eigenvalue weighted by Crippen LogP contribution is 2.17. The maximum Gasteiger partial charge on any atom is 0.261 e. The van der Waals surface area contributed by atoms with E-state index in [1.165, 1.54) is 5.56 Å². The van der Waals surface area contributed by atoms with E-state index >= 15 is 0 Å². The van der Waals surface area contributed by atoms with Gasteiger partial charge < -0.3 is 5.32 Å². The van der Waals surface area contributed by atoms with Crippen molar-refractivity contribution in [3.63, 3.8) is 0 Å². The number of rotatable bonds is 6. The van der Waals surface area contributed by atoms with Crippen molar-refractivity contribution >= 4 is 15.7 Å². The molecule has 0 aromatic heterocycles. The maximum absolute atomic E-state index is 12.3. The molecule has 0 aliphatic carbocycles. The molecular weight excluding hydrogens is 284 g/mol. The highest BCUT2D eigenvalue weighted by molar-refractivity contribution is 7.92. The molecule has 0 atom stereocenters. The zero-order valence-corrected chi connectivity index (χ0v) is 13.1. The van der Waals surface area contributed by atoms with Gasteiger partial charge in [0.05, 0.1) is 4.90 Å². The van der Waals surface area contributed by atoms with Gasteiger partial charge in [0.2, 0.25) is 0 Å². The second kappa shape index (κ2) is 6.74. The Balaban J connectivity index is 2.16. The Bertz CT molecular complexity index is 677. The van der Waals surface area contributed by atoms with E-state index < -0.39 is 10.0 Å². The molecule has 2 N–H and O–H groups in total. The van der Waals surface area contributed by atoms with Crippen LogP contribution in [0.4, 0.5) is 5.69 Å². The molecule has 0 heterocycles. The van der Waals surface area contributed by atoms with Crippen LogP contribution < -0.4 is 10.0 Å². The van der Waals surface area contributed by atoms with Crippen LogP contribution in [0.5, 0.6) is 0 Å². The first kappa shape index (κ1) is 15.5. The van der Waals surface area contributed by atoms with Crippen molar-refractivity contribution in [2.45, 2.75) is 24.8 Å². The van der Waals surface area contributed by atoms with Gasteiger partial charge in [-0.05, 0) is 48.9 Å². The molecule has 0 fully saturated rings. The van der Waals surface area contributed by atoms with Crippen molar-refractivity contribution in [3.8, 4) is 0 Å². The van der Waals surface area contributed by atoms with Gasteiger partial charge in [0.1, 0.15) is 0 Å². The third kappa shape index (κ3) is 4.06. The molecule has 112 valence electrons. The Hall–Kier alpha value is -1.85. The van der Waals surface area contributed by atoms with Crippen LogP contribution in [0.1, 0.15) is 18.1 Å². The minimum Gasteiger partial charge on any atom is -0.316 e. The first-order valence-corrected chi connectivity index (χ1v) is 8.39. The number of anilines is 1. The molecule has 2 aromatic rings. The van der Waals surface area contributed by atoms with Gasteiger partial charge in [-0.25, -0.2) is 8.42 Å². The fraction of sp³-hybridized carbons (Fsp3) is 0.250. The lowest BCUT2D eigenvalue weighted by Gasteiger charge is -2.09. The predicted octanol–water partition coefficient (Wildman–Crippen LogP) is 2.77. The molecule has 4 nitrogen and oxygen atoms in total. The highest BCUT2D eigenvalue weighted by Gasteiger charge is 2.13. The number of benzene rings is 2. The van der Waals surface area contributed by atoms with E-state index in [0.717, 1.165) is 12.0 Å². The summed E-state index contributed by atoms with van der Waals surface area (Å²) in [5.41, 5.74) is 2.80. The molecule has 0 unspecified atom stereocenters. The van der Waals surface area contributed by atoms with E-state index in [-0.39, 0.29) is 4.90 Å². The summed E-state index contributed by atoms with van der Waals surface area (Å²) < 4.78 is 27.2. The number of hydrogen-bond donors (Lipinski definition) is 2. The van der Waals surface area contributed by atoms with Crippen LogP contribution in [0.25, 0.3) is 0 Å². The SMILES string of the molecule is CCc1ccc(NS(=O)(=O)c2ccc(CNC)cc2)cc1. The van der Waals surface area contributed by atoms with Crippen molar-refractivity contribution in [2.75, 3.05) is 11.8 Å². The monoisotopic (exact) mass is 304 g/mol. The Labute approximate surface area is 126 Å². The van der Waals surface area contributed by atoms with Gasteiger partial charge in [-0.2, -0.15) is 0 Å². The zero-order valence-electron chi connectivity index (χ0n) is 12.3. The number of sulfonamides is 1. The minimum absolute atomic E-state index is 0.266. The molecule has 0 aliphatic heterocycles. The summed E-state index contributed by atoms with van der Waals surface area (Å²) in [6.07, 6.45) is 0.931. The standard InChI is InChI=1S/C16H20N2O2S/c1-3-13-4-8-15(9-5-13)18-21(19,20)16-10-6-14(7-11-16)12-17-2/h4-11,17-18H,3,12H2,1-2H3. The molecule has 21 heavy (non-hydrogen) atoms. The Morgan fingerprint density at radius 1 is 0.905 bits per heavy atom. The number of nitrogens with one attached hydrogen (secondary N) is 2. The summed E-state index contributed by atoms with van der Waals surface area (Å²) in [6.45, 7) is 2.78. The second-order valence-corrected chi connectivity index (χ2v) is 6.51. The van der Waals surface area contributed by atoms with Crippen LogP contribution >= 0.6 is 0 Å². The van der Waals surface area contributed by atoms with Crippen LogP contribution in [-0.2, 0) is 23.0 Å². The van der Waals surface area contributed by atoms with Crippen LogP contribution in [0, 0.1) is 0 Å². The lowest BCUT2D eigenvalue weighted by atomic mass is 10.2. The minimum atomic E-state index is -3.54. The summed E-state index contributed by atoms with van der Waals surface area (Å²) in [5, 5.41) is 3.03. The molecule has 2 rings (SSSR count). The summed E-state index contributed by atoms with van der Waals surface area (Å²) in [6, 6.07) is 14.3. The van der Waals surface area contributed by atoms with Gasteiger partial charge in [-0.3, -0.25) is 4.72 Å². The van der Waals surface area contributed by atoms with Gasteiger partial charge in [0.15, 0.2) is 0 Å². The molecule has 0 radical (unpaired) electrons. The molecule has 0 bridgehead atoms. The molecule has 0 amide bonds. The van der Waals surface area contributed by atoms with E-state index in [0.29, 0.717) is 12.2 Å². The second-order valence-electron chi connectivity index (χ2n) is 4.83. The van der Waals surface area contributed by atoms with Crippen LogP contribution in [-0.4, -0.2) is 15.5 Å². The van der Waals surface area contributed by atoms with E-state index in [1.54, 1.807) is 24.3 Å². The van der Waals surface area contributed by atoms with Crippen molar-refractivity contribution in [2.24, 2.45) is 0 Å². The summed E-state index contributed by atoms with van der Waals surface area (Å²) in [4.78, 5) is 0.266. The largest absolute Gasteiger partial charge is 0.316 e. The van der Waals surface area contributed by atoms with Gasteiger partial charge in [0, 0.05) is 12.2 Å². The van der Waals surface area contributed by atoms with E-state index in [1.807, 2.05) is 31.3 Å². The number of aryl methyl sites for hydroxylation is 1. The number of hydrogen-bond acceptors (Lipinski definition) is 3. The van der Waals surface area contributed by atoms with Crippen molar-refractivity contribution in [3.05, 3.63) is 59.7 Å². The molecule has 2 aromatic carbocycles. The van der Waals surface area contributed by atoms with Crippen molar-refractivity contribution in [1.82, 2.24) is 5.32 Å². The molecule has 0 saturated carbocycles. The lowest BCUT2D eigenvalue weighted by Crippen LogP contribution is -2.13. The molecule has 0 aliphatic rings. The summed E-state index contributed by atoms with van der Waals surface area (Å²) in [7, 11) is -1.68. The molecule has 0 saturated heterocycles. The first-order chi connectivity index (χ1) is 10.0. The van der Waals surface area contributed by atoms with Crippen LogP contribution in [0.2, 0.25) is 0 Å². The average Bonchev–Trinajstić information content (AvgIpc) is 2.48. The van der Waals surface area contributed by atoms with Gasteiger partial charge in [-0.15, -0.1) is 0 Å². The average molecular weight is 304 g/mol. The summed E-state index contributed by atoms with van der Waals surface area (Å²) >= 11 is 0. The molecule has 0 spiro atoms. The van der Waals surface area contributed by atoms with Crippen molar-refractivity contribution in [1.29, 1.82) is 0 Å². The molecule has 5 heteroatoms. The Morgan fingerprint density at radius 2 is 1.48 bits per heavy atom. The Morgan fingerprint density at radius 3 is 2.00 bits per heavy atom. The smallest absolute Gasteiger partial charge is 0.261 e. The molecular formula is C16H20N2O2S. The van der Waals surface area contributed by atoms with Gasteiger partial charge in [-0.1, -0.05) is 31.2 Å². The first-order valence-electron chi connectivity index (χ1n) is 6.90. The van der Waals surface area contributed by atoms with Gasteiger partial charge >= 0.3 is 0 Å². The Kier molecular flexibility index (Phi) is 4.98. The third-order valence-corrected chi connectivity index (χ3v) is 4.63.